The Morgan fingerprint density at radius 3 is 2.23 bits per heavy atom. The van der Waals surface area contributed by atoms with Crippen LogP contribution in [0.1, 0.15) is 13.8 Å². The van der Waals surface area contributed by atoms with Crippen LogP contribution in [0.2, 0.25) is 0 Å². The summed E-state index contributed by atoms with van der Waals surface area (Å²) in [7, 11) is 2.25. The van der Waals surface area contributed by atoms with Crippen molar-refractivity contribution >= 4 is 67.8 Å². The normalized spacial score (nSPS) is 43.2. The van der Waals surface area contributed by atoms with Crippen LogP contribution in [-0.2, 0) is 0 Å². The molecular weight excluding hydrogens is 618 g/mol. The number of nitrogens with zero attached hydrogens (tertiary/aromatic N) is 1. The topological polar surface area (TPSA) is 3.24 Å². The van der Waals surface area contributed by atoms with Crippen molar-refractivity contribution in [2.24, 2.45) is 0 Å². The molecule has 0 amide bonds. The van der Waals surface area contributed by atoms with Gasteiger partial charge >= 0.3 is 135 Å². The summed E-state index contributed by atoms with van der Waals surface area (Å²) in [6.07, 6.45) is 0. The second kappa shape index (κ2) is 5.48. The molecule has 3 unspecified atom stereocenters. The molecule has 80 valence electrons. The van der Waals surface area contributed by atoms with Crippen molar-refractivity contribution in [3.63, 3.8) is 0 Å². The summed E-state index contributed by atoms with van der Waals surface area (Å²) < 4.78 is 4.43. The van der Waals surface area contributed by atoms with Crippen LogP contribution in [0, 0.1) is 0 Å². The molecule has 0 saturated carbocycles. The van der Waals surface area contributed by atoms with Crippen molar-refractivity contribution in [3.05, 3.63) is 0 Å². The molecule has 0 aromatic carbocycles. The molecule has 1 fully saturated rings. The fraction of sp³-hybridized carbons (Fsp3) is 1.00. The average molecular weight is 632 g/mol. The van der Waals surface area contributed by atoms with Crippen LogP contribution in [-0.4, -0.2) is 31.8 Å². The van der Waals surface area contributed by atoms with Gasteiger partial charge in [-0.25, -0.2) is 0 Å². The van der Waals surface area contributed by atoms with Crippen LogP contribution >= 0.6 is 67.8 Å². The van der Waals surface area contributed by atoms with Gasteiger partial charge in [0.1, 0.15) is 0 Å². The molecule has 1 aliphatic rings. The zero-order valence-electron chi connectivity index (χ0n) is 7.90. The van der Waals surface area contributed by atoms with Crippen molar-refractivity contribution in [1.82, 2.24) is 4.90 Å². The zero-order valence-corrected chi connectivity index (χ0v) is 16.5. The van der Waals surface area contributed by atoms with Gasteiger partial charge in [0.05, 0.1) is 0 Å². The number of likely N-dealkylation sites (tertiary alicyclic amines) is 1. The van der Waals surface area contributed by atoms with Crippen LogP contribution in [0.3, 0.4) is 0 Å². The van der Waals surface area contributed by atoms with Crippen molar-refractivity contribution in [1.29, 1.82) is 0 Å². The van der Waals surface area contributed by atoms with E-state index in [2.05, 4.69) is 93.6 Å². The number of halogens is 4. The Balaban J connectivity index is 2.80. The molecule has 1 saturated heterocycles. The Kier molecular flexibility index (Phi) is 5.87. The first kappa shape index (κ1) is 13.9. The Hall–Kier alpha value is 2.88. The van der Waals surface area contributed by atoms with Crippen LogP contribution in [0.5, 0.6) is 0 Å². The minimum atomic E-state index is 0.353. The molecular formula is C8H14I4N-. The summed E-state index contributed by atoms with van der Waals surface area (Å²) in [6.45, 7) is 4.74. The second-order valence-electron chi connectivity index (χ2n) is 3.18. The van der Waals surface area contributed by atoms with Gasteiger partial charge in [-0.05, 0) is 0 Å². The molecule has 1 heterocycles. The Bertz CT molecular complexity index is 175. The summed E-state index contributed by atoms with van der Waals surface area (Å²) in [5, 5.41) is 0. The number of rotatable bonds is 3. The van der Waals surface area contributed by atoms with Crippen LogP contribution in [0.15, 0.2) is 0 Å². The van der Waals surface area contributed by atoms with E-state index in [4.69, 9.17) is 0 Å². The average Bonchev–Trinajstić information content (AvgIpc) is 2.11. The second-order valence-corrected chi connectivity index (χ2v) is 11.6. The van der Waals surface area contributed by atoms with Gasteiger partial charge in [0, 0.05) is 0 Å². The number of hydrogen-bond donors (Lipinski definition) is 0. The van der Waals surface area contributed by atoms with E-state index in [1.807, 2.05) is 0 Å². The van der Waals surface area contributed by atoms with E-state index in [9.17, 15) is 0 Å². The van der Waals surface area contributed by atoms with Gasteiger partial charge in [0.15, 0.2) is 0 Å². The predicted molar refractivity (Wildman–Crippen MR) is 80.1 cm³/mol. The molecule has 0 bridgehead atoms. The van der Waals surface area contributed by atoms with Gasteiger partial charge in [-0.1, -0.05) is 0 Å². The molecule has 5 heteroatoms. The first-order valence-electron chi connectivity index (χ1n) is 4.22. The summed E-state index contributed by atoms with van der Waals surface area (Å²) >= 11 is 8.24. The Morgan fingerprint density at radius 2 is 1.92 bits per heavy atom. The molecule has 1 nitrogen and oxygen atoms in total. The van der Waals surface area contributed by atoms with Crippen LogP contribution < -0.4 is 21.2 Å². The standard InChI is InChI=1S/C8H14I4N/c1-4-12-8(5(2)9)6(10)13(3)7(8)11/h5-7H,4H2,1-3H3/q-1. The molecule has 1 aliphatic heterocycles. The Labute approximate surface area is 132 Å². The number of alkyl halides is 5. The Morgan fingerprint density at radius 1 is 1.46 bits per heavy atom. The SMILES string of the molecule is CC[I-]C1(C(C)I)C(I)N(C)C1I. The molecule has 1 rings (SSSR count). The van der Waals surface area contributed by atoms with E-state index < -0.39 is 0 Å². The van der Waals surface area contributed by atoms with E-state index >= 15 is 0 Å². The zero-order chi connectivity index (χ0) is 10.2. The number of hydrogen-bond acceptors (Lipinski definition) is 1. The molecule has 0 radical (unpaired) electrons. The maximum absolute atomic E-state index is 2.63. The summed E-state index contributed by atoms with van der Waals surface area (Å²) in [5.41, 5.74) is 0. The molecule has 13 heavy (non-hydrogen) atoms. The van der Waals surface area contributed by atoms with Gasteiger partial charge in [0.2, 0.25) is 0 Å². The summed E-state index contributed by atoms with van der Waals surface area (Å²) in [5.74, 6) is 0. The van der Waals surface area contributed by atoms with E-state index in [1.54, 1.807) is 0 Å². The van der Waals surface area contributed by atoms with Crippen molar-refractivity contribution in [3.8, 4) is 0 Å². The van der Waals surface area contributed by atoms with E-state index in [-0.39, 0.29) is 0 Å². The summed E-state index contributed by atoms with van der Waals surface area (Å²) in [6, 6.07) is 0. The van der Waals surface area contributed by atoms with Crippen molar-refractivity contribution in [2.75, 3.05) is 11.5 Å². The first-order valence-corrected chi connectivity index (χ1v) is 10.6. The fourth-order valence-electron chi connectivity index (χ4n) is 1.61. The van der Waals surface area contributed by atoms with Crippen LogP contribution in [0.4, 0.5) is 0 Å². The van der Waals surface area contributed by atoms with Crippen molar-refractivity contribution < 1.29 is 21.2 Å². The first-order chi connectivity index (χ1) is 5.98. The molecule has 0 aliphatic carbocycles. The van der Waals surface area contributed by atoms with E-state index in [0.717, 1.165) is 12.0 Å². The van der Waals surface area contributed by atoms with Gasteiger partial charge in [-0.15, -0.1) is 0 Å². The minimum absolute atomic E-state index is 0.353. The maximum atomic E-state index is 2.63. The fourth-order valence-corrected chi connectivity index (χ4v) is 14.3. The molecule has 0 spiro atoms. The van der Waals surface area contributed by atoms with Gasteiger partial charge in [-0.3, -0.25) is 0 Å². The van der Waals surface area contributed by atoms with Crippen LogP contribution in [0.25, 0.3) is 0 Å². The van der Waals surface area contributed by atoms with E-state index in [1.165, 1.54) is 4.43 Å². The third-order valence-electron chi connectivity index (χ3n) is 2.42. The molecule has 3 atom stereocenters. The van der Waals surface area contributed by atoms with Gasteiger partial charge < -0.3 is 0 Å². The van der Waals surface area contributed by atoms with Crippen molar-refractivity contribution in [2.45, 2.75) is 29.3 Å². The summed E-state index contributed by atoms with van der Waals surface area (Å²) in [4.78, 5) is 2.51. The third-order valence-corrected chi connectivity index (χ3v) is 15.0. The predicted octanol–water partition coefficient (Wildman–Crippen LogP) is 0.125. The third kappa shape index (κ3) is 2.28. The molecule has 0 aromatic heterocycles. The molecule has 0 N–H and O–H groups in total. The quantitative estimate of drug-likeness (QED) is 0.243. The van der Waals surface area contributed by atoms with E-state index in [0.29, 0.717) is 24.6 Å². The van der Waals surface area contributed by atoms with Gasteiger partial charge in [-0.2, -0.15) is 0 Å². The van der Waals surface area contributed by atoms with Gasteiger partial charge in [0.25, 0.3) is 0 Å². The molecule has 0 aromatic rings. The monoisotopic (exact) mass is 632 g/mol.